The van der Waals surface area contributed by atoms with Crippen LogP contribution in [0.25, 0.3) is 64.6 Å². The summed E-state index contributed by atoms with van der Waals surface area (Å²) in [7, 11) is 0. The minimum atomic E-state index is -0.240. The number of rotatable bonds is 6. The van der Waals surface area contributed by atoms with Crippen LogP contribution in [-0.2, 0) is 27.1 Å². The number of hydrogen-bond acceptors (Lipinski definition) is 3. The maximum absolute atomic E-state index is 2.78. The molecule has 12 aromatic rings. The Labute approximate surface area is 532 Å². The third-order valence-electron chi connectivity index (χ3n) is 21.7. The largest absolute Gasteiger partial charge is 0.310 e. The molecule has 0 radical (unpaired) electrons. The van der Waals surface area contributed by atoms with Gasteiger partial charge in [-0.3, -0.25) is 0 Å². The monoisotopic (exact) mass is 1180 g/mol. The summed E-state index contributed by atoms with van der Waals surface area (Å²) < 4.78 is 0. The van der Waals surface area contributed by atoms with Crippen LogP contribution in [0.15, 0.2) is 216 Å². The maximum Gasteiger partial charge on any atom is 0.0543 e. The number of anilines is 6. The lowest BCUT2D eigenvalue weighted by Crippen LogP contribution is -2.57. The standard InChI is InChI=1S/C86H84N2S/c1-82(2,3)58-44-59(83(4,5)6)47-66(46-58)87(64-33-35-70-56(42-64)31-29-54-21-13-15-23-68(54)70)78-50-76-80(74-27-19-17-25-72(74)78)89-81-75-28-20-18-26-73(75)79(51-77(81)86(76)62-38-52-37-53(40-62)41-63(86)39-52)88(67-48-60(84(7,8)9)45-61(49-67)85(10,11)12)65-34-36-71-57(43-65)32-30-55-22-14-16-24-69(55)71/h13-36,42-53,62-63H,37-41H2,1-12H3. The van der Waals surface area contributed by atoms with E-state index in [0.29, 0.717) is 11.8 Å². The Bertz CT molecular complexity index is 4510. The van der Waals surface area contributed by atoms with E-state index in [-0.39, 0.29) is 27.1 Å². The summed E-state index contributed by atoms with van der Waals surface area (Å²) in [5.74, 6) is 2.54. The van der Waals surface area contributed by atoms with E-state index in [4.69, 9.17) is 0 Å². The minimum absolute atomic E-state index is 0.0787. The first-order valence-corrected chi connectivity index (χ1v) is 34.0. The fourth-order valence-electron chi connectivity index (χ4n) is 17.3. The van der Waals surface area contributed by atoms with Crippen LogP contribution >= 0.6 is 11.8 Å². The molecule has 4 aliphatic carbocycles. The molecule has 0 amide bonds. The molecule has 4 bridgehead atoms. The highest BCUT2D eigenvalue weighted by Gasteiger charge is 2.61. The van der Waals surface area contributed by atoms with Gasteiger partial charge in [-0.1, -0.05) is 240 Å². The Kier molecular flexibility index (Phi) is 12.7. The van der Waals surface area contributed by atoms with Crippen molar-refractivity contribution in [1.29, 1.82) is 0 Å². The lowest BCUT2D eigenvalue weighted by Gasteiger charge is -2.63. The third-order valence-corrected chi connectivity index (χ3v) is 23.0. The van der Waals surface area contributed by atoms with Gasteiger partial charge >= 0.3 is 0 Å². The van der Waals surface area contributed by atoms with Crippen LogP contribution < -0.4 is 9.80 Å². The molecule has 0 atom stereocenters. The molecule has 17 rings (SSSR count). The molecular formula is C86H84N2S. The maximum atomic E-state index is 2.78. The molecule has 1 aliphatic heterocycles. The summed E-state index contributed by atoms with van der Waals surface area (Å²) in [4.78, 5) is 8.29. The van der Waals surface area contributed by atoms with Crippen LogP contribution in [-0.4, -0.2) is 0 Å². The molecular weight excluding hydrogens is 1090 g/mol. The van der Waals surface area contributed by atoms with E-state index in [1.54, 1.807) is 11.1 Å². The quantitative estimate of drug-likeness (QED) is 0.153. The van der Waals surface area contributed by atoms with Gasteiger partial charge in [0, 0.05) is 48.7 Å². The molecule has 89 heavy (non-hydrogen) atoms. The van der Waals surface area contributed by atoms with Gasteiger partial charge in [0.1, 0.15) is 0 Å². The molecule has 2 nitrogen and oxygen atoms in total. The van der Waals surface area contributed by atoms with E-state index in [1.807, 2.05) is 0 Å². The topological polar surface area (TPSA) is 6.48 Å². The SMILES string of the molecule is CC(C)(C)c1cc(N(c2ccc3c(ccc4ccccc43)c2)c2cc3c(c4ccccc24)Sc2c(cc(N(c4cc(C(C)(C)C)cc(C(C)(C)C)c4)c4ccc5c(ccc6ccccc65)c4)c4ccccc24)C32C3CC4CC(C3)CC2C4)cc(C(C)(C)C)c1. The first-order chi connectivity index (χ1) is 42.6. The number of benzene rings is 12. The van der Waals surface area contributed by atoms with Crippen LogP contribution in [0.4, 0.5) is 34.1 Å². The summed E-state index contributed by atoms with van der Waals surface area (Å²) in [6.07, 6.45) is 6.49. The first-order valence-electron chi connectivity index (χ1n) is 33.1. The Hall–Kier alpha value is -7.85. The van der Waals surface area contributed by atoms with Crippen molar-refractivity contribution in [3.05, 3.63) is 240 Å². The molecule has 0 unspecified atom stereocenters. The Balaban J connectivity index is 1.00. The molecule has 1 heterocycles. The van der Waals surface area contributed by atoms with E-state index >= 15 is 0 Å². The molecule has 0 N–H and O–H groups in total. The lowest BCUT2D eigenvalue weighted by atomic mass is 9.42. The zero-order valence-electron chi connectivity index (χ0n) is 54.3. The molecule has 1 spiro atoms. The zero-order valence-corrected chi connectivity index (χ0v) is 55.1. The Morgan fingerprint density at radius 2 is 0.629 bits per heavy atom. The fourth-order valence-corrected chi connectivity index (χ4v) is 18.7. The summed E-state index contributed by atoms with van der Waals surface area (Å²) >= 11 is 2.08. The number of hydrogen-bond donors (Lipinski definition) is 0. The Morgan fingerprint density at radius 1 is 0.303 bits per heavy atom. The zero-order chi connectivity index (χ0) is 61.3. The lowest BCUT2D eigenvalue weighted by molar-refractivity contribution is -0.0441. The van der Waals surface area contributed by atoms with Gasteiger partial charge in [-0.15, -0.1) is 0 Å². The Morgan fingerprint density at radius 3 is 1.00 bits per heavy atom. The van der Waals surface area contributed by atoms with E-state index < -0.39 is 0 Å². The summed E-state index contributed by atoms with van der Waals surface area (Å²) in [5, 5.41) is 15.5. The molecule has 4 saturated carbocycles. The van der Waals surface area contributed by atoms with Crippen molar-refractivity contribution < 1.29 is 0 Å². The van der Waals surface area contributed by atoms with E-state index in [2.05, 4.69) is 311 Å². The summed E-state index contributed by atoms with van der Waals surface area (Å²) in [5.41, 5.74) is 15.3. The predicted molar refractivity (Wildman–Crippen MR) is 384 cm³/mol. The normalized spacial score (nSPS) is 18.8. The summed E-state index contributed by atoms with van der Waals surface area (Å²) in [6, 6.07) is 81.4. The van der Waals surface area contributed by atoms with Gasteiger partial charge in [0.2, 0.25) is 0 Å². The highest BCUT2D eigenvalue weighted by molar-refractivity contribution is 8.00. The van der Waals surface area contributed by atoms with Gasteiger partial charge in [-0.25, -0.2) is 0 Å². The average molecular weight is 1180 g/mol. The van der Waals surface area contributed by atoms with Crippen molar-refractivity contribution in [1.82, 2.24) is 0 Å². The second kappa shape index (κ2) is 20.1. The molecule has 0 saturated heterocycles. The third kappa shape index (κ3) is 9.08. The van der Waals surface area contributed by atoms with Crippen LogP contribution in [0.5, 0.6) is 0 Å². The highest BCUT2D eigenvalue weighted by atomic mass is 32.2. The van der Waals surface area contributed by atoms with Gasteiger partial charge in [0.15, 0.2) is 0 Å². The number of nitrogens with zero attached hydrogens (tertiary/aromatic N) is 2. The summed E-state index contributed by atoms with van der Waals surface area (Å²) in [6.45, 7) is 28.6. The smallest absolute Gasteiger partial charge is 0.0543 e. The molecule has 4 fully saturated rings. The van der Waals surface area contributed by atoms with Crippen LogP contribution in [0.3, 0.4) is 0 Å². The highest BCUT2D eigenvalue weighted by Crippen LogP contribution is 2.71. The van der Waals surface area contributed by atoms with Crippen molar-refractivity contribution in [2.45, 2.75) is 152 Å². The van der Waals surface area contributed by atoms with Gasteiger partial charge in [0.05, 0.1) is 11.4 Å². The van der Waals surface area contributed by atoms with E-state index in [1.165, 1.54) is 163 Å². The predicted octanol–water partition coefficient (Wildman–Crippen LogP) is 24.9. The molecule has 12 aromatic carbocycles. The van der Waals surface area contributed by atoms with E-state index in [9.17, 15) is 0 Å². The van der Waals surface area contributed by atoms with Crippen molar-refractivity contribution in [2.75, 3.05) is 9.80 Å². The minimum Gasteiger partial charge on any atom is -0.310 e. The van der Waals surface area contributed by atoms with Crippen molar-refractivity contribution >= 4 is 111 Å². The van der Waals surface area contributed by atoms with Gasteiger partial charge < -0.3 is 9.80 Å². The fraction of sp³-hybridized carbons (Fsp3) is 0.302. The van der Waals surface area contributed by atoms with Crippen LogP contribution in [0.2, 0.25) is 0 Å². The van der Waals surface area contributed by atoms with Crippen molar-refractivity contribution in [3.8, 4) is 0 Å². The van der Waals surface area contributed by atoms with Crippen molar-refractivity contribution in [2.24, 2.45) is 23.7 Å². The molecule has 444 valence electrons. The molecule has 5 aliphatic rings. The number of fused-ring (bicyclic) bond motifs is 12. The average Bonchev–Trinajstić information content (AvgIpc) is 0.678. The van der Waals surface area contributed by atoms with Gasteiger partial charge in [0.25, 0.3) is 0 Å². The first kappa shape index (κ1) is 56.4. The van der Waals surface area contributed by atoms with Gasteiger partial charge in [-0.2, -0.15) is 0 Å². The van der Waals surface area contributed by atoms with Crippen LogP contribution in [0, 0.1) is 23.7 Å². The van der Waals surface area contributed by atoms with Crippen molar-refractivity contribution in [3.63, 3.8) is 0 Å². The van der Waals surface area contributed by atoms with Crippen LogP contribution in [0.1, 0.15) is 149 Å². The second-order valence-corrected chi connectivity index (χ2v) is 32.5. The van der Waals surface area contributed by atoms with E-state index in [0.717, 1.165) is 11.8 Å². The second-order valence-electron chi connectivity index (χ2n) is 31.5. The molecule has 0 aromatic heterocycles. The van der Waals surface area contributed by atoms with Gasteiger partial charge in [-0.05, 0) is 225 Å². The molecule has 3 heteroatoms.